The van der Waals surface area contributed by atoms with Gasteiger partial charge in [-0.1, -0.05) is 7.43 Å². The van der Waals surface area contributed by atoms with Gasteiger partial charge in [-0.05, 0) is 0 Å². The minimum Gasteiger partial charge on any atom is -0.0776 e. The Labute approximate surface area is 66.1 Å². The number of hydrogen-bond acceptors (Lipinski definition) is 0. The summed E-state index contributed by atoms with van der Waals surface area (Å²) in [5, 5.41) is 0. The van der Waals surface area contributed by atoms with Crippen LogP contribution in [0.1, 0.15) is 7.43 Å². The van der Waals surface area contributed by atoms with Crippen molar-refractivity contribution in [1.82, 2.24) is 0 Å². The van der Waals surface area contributed by atoms with Gasteiger partial charge in [-0.2, -0.15) is 0 Å². The molecule has 0 aromatic heterocycles. The third-order valence-corrected chi connectivity index (χ3v) is 0. The maximum Gasteiger partial charge on any atom is 0 e. The van der Waals surface area contributed by atoms with Crippen molar-refractivity contribution in [2.45, 2.75) is 7.43 Å². The van der Waals surface area contributed by atoms with Gasteiger partial charge in [-0.3, -0.25) is 0 Å². The molecule has 0 aliphatic heterocycles. The Morgan fingerprint density at radius 1 is 0.750 bits per heavy atom. The van der Waals surface area contributed by atoms with E-state index in [1.807, 2.05) is 0 Å². The summed E-state index contributed by atoms with van der Waals surface area (Å²) in [4.78, 5) is 0. The van der Waals surface area contributed by atoms with E-state index in [2.05, 4.69) is 0 Å². The van der Waals surface area contributed by atoms with Crippen LogP contribution in [0.5, 0.6) is 0 Å². The quantitative estimate of drug-likeness (QED) is 0.563. The van der Waals surface area contributed by atoms with Gasteiger partial charge < -0.3 is 0 Å². The molecule has 0 saturated carbocycles. The van der Waals surface area contributed by atoms with Crippen molar-refractivity contribution in [2.75, 3.05) is 0 Å². The van der Waals surface area contributed by atoms with Crippen LogP contribution < -0.4 is 0 Å². The van der Waals surface area contributed by atoms with Crippen LogP contribution in [-0.2, 0) is 59.2 Å². The van der Waals surface area contributed by atoms with E-state index in [9.17, 15) is 0 Å². The molecule has 0 aromatic rings. The molecule has 0 saturated heterocycles. The second kappa shape index (κ2) is 20.7. The summed E-state index contributed by atoms with van der Waals surface area (Å²) in [5.74, 6) is 0. The topological polar surface area (TPSA) is 0 Å². The van der Waals surface area contributed by atoms with Crippen molar-refractivity contribution in [2.24, 2.45) is 0 Å². The summed E-state index contributed by atoms with van der Waals surface area (Å²) in [6.07, 6.45) is 0. The van der Waals surface area contributed by atoms with E-state index < -0.39 is 0 Å². The Morgan fingerprint density at radius 2 is 0.750 bits per heavy atom. The molecule has 0 spiro atoms. The Balaban J connectivity index is 0. The Bertz CT molecular complexity index is 6.00. The molecule has 0 radical (unpaired) electrons. The van der Waals surface area contributed by atoms with Crippen molar-refractivity contribution >= 4 is 0 Å². The van der Waals surface area contributed by atoms with Crippen molar-refractivity contribution in [1.29, 1.82) is 0 Å². The second-order valence-electron chi connectivity index (χ2n) is 0. The van der Waals surface area contributed by atoms with E-state index in [-0.39, 0.29) is 66.6 Å². The van der Waals surface area contributed by atoms with Crippen LogP contribution in [0, 0.1) is 0 Å². The Kier molecular flexibility index (Phi) is 203. The van der Waals surface area contributed by atoms with Gasteiger partial charge in [0.25, 0.3) is 0 Å². The summed E-state index contributed by atoms with van der Waals surface area (Å²) in [6, 6.07) is 0. The van der Waals surface area contributed by atoms with Crippen LogP contribution in [0.25, 0.3) is 0 Å². The molecular weight excluding hydrogens is 260 g/mol. The van der Waals surface area contributed by atoms with Crippen LogP contribution in [-0.4, -0.2) is 0 Å². The third kappa shape index (κ3) is 9.09. The molecule has 3 heteroatoms. The predicted octanol–water partition coefficient (Wildman–Crippen LogP) is 0.629. The van der Waals surface area contributed by atoms with E-state index in [1.54, 1.807) is 0 Å². The first kappa shape index (κ1) is 39.3. The van der Waals surface area contributed by atoms with Gasteiger partial charge in [0.2, 0.25) is 0 Å². The molecule has 4 heavy (non-hydrogen) atoms. The summed E-state index contributed by atoms with van der Waals surface area (Å²) in [7, 11) is 0. The average molecular weight is 264 g/mol. The fourth-order valence-electron chi connectivity index (χ4n) is 0. The maximum atomic E-state index is 0. The van der Waals surface area contributed by atoms with Crippen molar-refractivity contribution in [3.05, 3.63) is 0 Å². The van der Waals surface area contributed by atoms with Gasteiger partial charge in [-0.25, -0.2) is 0 Å². The van der Waals surface area contributed by atoms with Gasteiger partial charge in [-0.15, -0.1) is 0 Å². The standard InChI is InChI=1S/CH4.Fe.2Mo/h1H4;;;. The molecule has 0 aliphatic carbocycles. The van der Waals surface area contributed by atoms with E-state index in [1.165, 1.54) is 0 Å². The van der Waals surface area contributed by atoms with E-state index in [4.69, 9.17) is 0 Å². The molecule has 0 N–H and O–H groups in total. The summed E-state index contributed by atoms with van der Waals surface area (Å²) in [5.41, 5.74) is 0. The van der Waals surface area contributed by atoms with Crippen molar-refractivity contribution < 1.29 is 59.2 Å². The van der Waals surface area contributed by atoms with Gasteiger partial charge in [0.15, 0.2) is 0 Å². The molecule has 0 atom stereocenters. The molecule has 0 aromatic carbocycles. The van der Waals surface area contributed by atoms with Crippen LogP contribution in [0.15, 0.2) is 0 Å². The van der Waals surface area contributed by atoms with Crippen molar-refractivity contribution in [3.8, 4) is 0 Å². The Hall–Kier alpha value is 1.90. The van der Waals surface area contributed by atoms with Crippen LogP contribution in [0.4, 0.5) is 0 Å². The first-order chi connectivity index (χ1) is 0. The van der Waals surface area contributed by atoms with Gasteiger partial charge in [0.05, 0.1) is 0 Å². The molecule has 28 valence electrons. The van der Waals surface area contributed by atoms with Gasteiger partial charge >= 0.3 is 0 Å². The molecule has 0 fully saturated rings. The smallest absolute Gasteiger partial charge is 0 e. The van der Waals surface area contributed by atoms with E-state index in [0.717, 1.165) is 0 Å². The minimum absolute atomic E-state index is 0. The first-order valence-corrected chi connectivity index (χ1v) is 0. The third-order valence-electron chi connectivity index (χ3n) is 0. The first-order valence-electron chi connectivity index (χ1n) is 0. The minimum atomic E-state index is 0. The zero-order chi connectivity index (χ0) is 0. The molecule has 0 heterocycles. The SMILES string of the molecule is C.[Fe].[Mo].[Mo]. The van der Waals surface area contributed by atoms with Crippen LogP contribution >= 0.6 is 0 Å². The summed E-state index contributed by atoms with van der Waals surface area (Å²) < 4.78 is 0. The predicted molar refractivity (Wildman–Crippen MR) is 6.73 cm³/mol. The van der Waals surface area contributed by atoms with Crippen LogP contribution in [0.2, 0.25) is 0 Å². The summed E-state index contributed by atoms with van der Waals surface area (Å²) in [6.45, 7) is 0. The average Bonchev–Trinajstić information content (AvgIpc) is 0. The monoisotopic (exact) mass is 268 g/mol. The molecular formula is CH4FeMo2. The molecule has 0 rings (SSSR count). The molecule has 0 nitrogen and oxygen atoms in total. The molecule has 0 aliphatic rings. The zero-order valence-corrected chi connectivity index (χ0v) is 6.29. The fraction of sp³-hybridized carbons (Fsp3) is 1.00. The zero-order valence-electron chi connectivity index (χ0n) is 1.17. The van der Waals surface area contributed by atoms with E-state index >= 15 is 0 Å². The van der Waals surface area contributed by atoms with E-state index in [0.29, 0.717) is 0 Å². The van der Waals surface area contributed by atoms with Crippen LogP contribution in [0.3, 0.4) is 0 Å². The Morgan fingerprint density at radius 3 is 0.750 bits per heavy atom. The van der Waals surface area contributed by atoms with Gasteiger partial charge in [0, 0.05) is 59.2 Å². The molecule has 0 bridgehead atoms. The normalized spacial score (nSPS) is 0. The van der Waals surface area contributed by atoms with Gasteiger partial charge in [0.1, 0.15) is 0 Å². The molecule has 0 amide bonds. The fourth-order valence-corrected chi connectivity index (χ4v) is 0. The number of hydrogen-bond donors (Lipinski definition) is 0. The maximum absolute atomic E-state index is 0. The molecule has 0 unspecified atom stereocenters. The number of rotatable bonds is 0. The summed E-state index contributed by atoms with van der Waals surface area (Å²) >= 11 is 0. The van der Waals surface area contributed by atoms with Crippen molar-refractivity contribution in [3.63, 3.8) is 0 Å². The largest absolute Gasteiger partial charge is 0.0776 e. The second-order valence-corrected chi connectivity index (χ2v) is 0.